The maximum atomic E-state index is 10.9. The van der Waals surface area contributed by atoms with Crippen molar-refractivity contribution in [2.75, 3.05) is 7.11 Å². The molecule has 8 nitrogen and oxygen atoms in total. The van der Waals surface area contributed by atoms with Crippen LogP contribution in [0.1, 0.15) is 5.56 Å². The highest BCUT2D eigenvalue weighted by Gasteiger charge is 2.19. The molecule has 0 bridgehead atoms. The molecule has 0 N–H and O–H groups in total. The Hall–Kier alpha value is -2.00. The van der Waals surface area contributed by atoms with Crippen molar-refractivity contribution < 1.29 is 28.0 Å². The fourth-order valence-corrected chi connectivity index (χ4v) is 1.60. The van der Waals surface area contributed by atoms with Crippen molar-refractivity contribution in [3.63, 3.8) is 0 Å². The van der Waals surface area contributed by atoms with Gasteiger partial charge >= 0.3 is 11.8 Å². The molecule has 0 aliphatic carbocycles. The predicted octanol–water partition coefficient (Wildman–Crippen LogP) is 1.12. The summed E-state index contributed by atoms with van der Waals surface area (Å²) in [6.07, 6.45) is -1.10. The predicted molar refractivity (Wildman–Crippen MR) is 58.8 cm³/mol. The largest absolute Gasteiger partial charge is 0.772 e. The summed E-state index contributed by atoms with van der Waals surface area (Å²) in [5.41, 5.74) is -0.296. The van der Waals surface area contributed by atoms with E-state index in [9.17, 15) is 23.7 Å². The van der Waals surface area contributed by atoms with Crippen LogP contribution in [0.3, 0.4) is 0 Å². The van der Waals surface area contributed by atoms with E-state index in [1.54, 1.807) is 0 Å². The number of carbonyl (C=O) groups is 1. The minimum atomic E-state index is -2.36. The molecule has 1 atom stereocenters. The number of hydrogen-bond acceptors (Lipinski definition) is 7. The average molecular weight is 274 g/mol. The minimum absolute atomic E-state index is 0.215. The monoisotopic (exact) mass is 274 g/mol. The Morgan fingerprint density at radius 3 is 2.67 bits per heavy atom. The number of nitro benzene ring substituents is 1. The number of hydrogen-bond donors (Lipinski definition) is 0. The van der Waals surface area contributed by atoms with Gasteiger partial charge in [0.05, 0.1) is 12.0 Å². The van der Waals surface area contributed by atoms with Crippen LogP contribution in [0.2, 0.25) is 0 Å². The molecular weight excluding hydrogens is 266 g/mol. The van der Waals surface area contributed by atoms with Crippen molar-refractivity contribution in [2.24, 2.45) is 0 Å². The van der Waals surface area contributed by atoms with Crippen molar-refractivity contribution in [3.05, 3.63) is 33.9 Å². The van der Waals surface area contributed by atoms with Crippen molar-refractivity contribution >= 4 is 22.9 Å². The normalized spacial score (nSPS) is 11.7. The highest BCUT2D eigenvalue weighted by molar-refractivity contribution is 7.78. The summed E-state index contributed by atoms with van der Waals surface area (Å²) in [7, 11) is 1.06. The van der Waals surface area contributed by atoms with Gasteiger partial charge in [-0.25, -0.2) is 4.79 Å². The molecule has 0 saturated heterocycles. The van der Waals surface area contributed by atoms with Crippen LogP contribution in [0.4, 0.5) is 10.5 Å². The van der Waals surface area contributed by atoms with Crippen LogP contribution in [-0.2, 0) is 21.6 Å². The van der Waals surface area contributed by atoms with Gasteiger partial charge in [0, 0.05) is 11.8 Å². The molecule has 0 heterocycles. The fraction of sp³-hybridized carbons (Fsp3) is 0.222. The molecule has 1 aromatic carbocycles. The van der Waals surface area contributed by atoms with Crippen LogP contribution in [0.15, 0.2) is 18.2 Å². The van der Waals surface area contributed by atoms with Gasteiger partial charge in [-0.2, -0.15) is 0 Å². The lowest BCUT2D eigenvalue weighted by Gasteiger charge is -2.07. The Bertz CT molecular complexity index is 502. The zero-order valence-corrected chi connectivity index (χ0v) is 9.97. The maximum Gasteiger partial charge on any atom is 0.513 e. The molecule has 98 valence electrons. The van der Waals surface area contributed by atoms with E-state index in [-0.39, 0.29) is 17.1 Å². The van der Waals surface area contributed by atoms with E-state index in [4.69, 9.17) is 0 Å². The summed E-state index contributed by atoms with van der Waals surface area (Å²) in [6, 6.07) is 3.46. The summed E-state index contributed by atoms with van der Waals surface area (Å²) in [5.74, 6) is -0.674. The first kappa shape index (κ1) is 14.1. The van der Waals surface area contributed by atoms with E-state index < -0.39 is 27.8 Å². The lowest BCUT2D eigenvalue weighted by molar-refractivity contribution is -0.385. The molecule has 0 aromatic heterocycles. The van der Waals surface area contributed by atoms with E-state index >= 15 is 0 Å². The van der Waals surface area contributed by atoms with Gasteiger partial charge < -0.3 is 14.0 Å². The second kappa shape index (κ2) is 6.07. The molecule has 9 heteroatoms. The first-order valence-electron chi connectivity index (χ1n) is 4.53. The third-order valence-electron chi connectivity index (χ3n) is 1.86. The van der Waals surface area contributed by atoms with Crippen molar-refractivity contribution in [1.82, 2.24) is 0 Å². The molecule has 0 aliphatic rings. The third-order valence-corrected chi connectivity index (χ3v) is 2.43. The molecule has 1 rings (SSSR count). The van der Waals surface area contributed by atoms with Gasteiger partial charge in [0.25, 0.3) is 0 Å². The van der Waals surface area contributed by atoms with Crippen molar-refractivity contribution in [3.8, 4) is 5.75 Å². The Morgan fingerprint density at radius 2 is 2.17 bits per heavy atom. The standard InChI is InChI=1S/C9H9NO7S/c1-16-9(11)17-8-3-2-6(5-18(14)15)4-7(8)10(12)13/h2-4H,5H2,1H3,(H,14,15)/p-1. The first-order chi connectivity index (χ1) is 8.43. The van der Waals surface area contributed by atoms with Gasteiger partial charge in [-0.05, 0) is 11.6 Å². The molecule has 18 heavy (non-hydrogen) atoms. The number of carbonyl (C=O) groups excluding carboxylic acids is 1. The molecule has 1 unspecified atom stereocenters. The number of nitrogens with zero attached hydrogens (tertiary/aromatic N) is 1. The quantitative estimate of drug-likeness (QED) is 0.265. The van der Waals surface area contributed by atoms with E-state index in [0.717, 1.165) is 19.2 Å². The highest BCUT2D eigenvalue weighted by Crippen LogP contribution is 2.28. The zero-order valence-electron chi connectivity index (χ0n) is 9.15. The summed E-state index contributed by atoms with van der Waals surface area (Å²) >= 11 is -2.36. The van der Waals surface area contributed by atoms with Crippen LogP contribution in [0.25, 0.3) is 0 Å². The molecule has 0 fully saturated rings. The number of ether oxygens (including phenoxy) is 2. The molecule has 0 saturated carbocycles. The molecule has 0 aliphatic heterocycles. The second-order valence-corrected chi connectivity index (χ2v) is 3.96. The maximum absolute atomic E-state index is 10.9. The number of rotatable bonds is 4. The van der Waals surface area contributed by atoms with Crippen molar-refractivity contribution in [2.45, 2.75) is 5.75 Å². The Morgan fingerprint density at radius 1 is 1.50 bits per heavy atom. The highest BCUT2D eigenvalue weighted by atomic mass is 32.2. The molecule has 0 amide bonds. The molecule has 0 spiro atoms. The van der Waals surface area contributed by atoms with Gasteiger partial charge in [-0.15, -0.1) is 0 Å². The van der Waals surface area contributed by atoms with Gasteiger partial charge in [0.1, 0.15) is 0 Å². The number of methoxy groups -OCH3 is 1. The van der Waals surface area contributed by atoms with Gasteiger partial charge in [0.2, 0.25) is 5.75 Å². The Labute approximate surface area is 104 Å². The van der Waals surface area contributed by atoms with Gasteiger partial charge in [-0.3, -0.25) is 14.3 Å². The van der Waals surface area contributed by atoms with E-state index in [2.05, 4.69) is 9.47 Å². The van der Waals surface area contributed by atoms with E-state index in [1.807, 2.05) is 0 Å². The summed E-state index contributed by atoms with van der Waals surface area (Å²) < 4.78 is 29.7. The van der Waals surface area contributed by atoms with Crippen molar-refractivity contribution in [1.29, 1.82) is 0 Å². The SMILES string of the molecule is COC(=O)Oc1ccc(CS(=O)[O-])cc1[N+](=O)[O-]. The summed E-state index contributed by atoms with van der Waals surface area (Å²) in [4.78, 5) is 20.8. The Balaban J connectivity index is 3.08. The lowest BCUT2D eigenvalue weighted by atomic mass is 10.2. The number of nitro groups is 1. The minimum Gasteiger partial charge on any atom is -0.772 e. The average Bonchev–Trinajstić information content (AvgIpc) is 2.29. The first-order valence-corrected chi connectivity index (χ1v) is 5.77. The third kappa shape index (κ3) is 3.79. The van der Waals surface area contributed by atoms with Crippen LogP contribution in [0, 0.1) is 10.1 Å². The second-order valence-electron chi connectivity index (χ2n) is 3.06. The van der Waals surface area contributed by atoms with Gasteiger partial charge in [0.15, 0.2) is 0 Å². The lowest BCUT2D eigenvalue weighted by Crippen LogP contribution is -2.09. The Kier molecular flexibility index (Phi) is 4.75. The van der Waals surface area contributed by atoms with E-state index in [0.29, 0.717) is 0 Å². The summed E-state index contributed by atoms with van der Waals surface area (Å²) in [6.45, 7) is 0. The molecule has 0 radical (unpaired) electrons. The van der Waals surface area contributed by atoms with Gasteiger partial charge in [-0.1, -0.05) is 17.1 Å². The van der Waals surface area contributed by atoms with Crippen LogP contribution < -0.4 is 4.74 Å². The number of benzene rings is 1. The van der Waals surface area contributed by atoms with Crippen LogP contribution in [0.5, 0.6) is 5.75 Å². The smallest absolute Gasteiger partial charge is 0.513 e. The summed E-state index contributed by atoms with van der Waals surface area (Å²) in [5, 5.41) is 10.7. The molecular formula is C9H8NO7S-. The van der Waals surface area contributed by atoms with Crippen LogP contribution >= 0.6 is 0 Å². The topological polar surface area (TPSA) is 119 Å². The zero-order chi connectivity index (χ0) is 13.7. The molecule has 1 aromatic rings. The van der Waals surface area contributed by atoms with Crippen LogP contribution in [-0.4, -0.2) is 27.0 Å². The van der Waals surface area contributed by atoms with E-state index in [1.165, 1.54) is 6.07 Å². The fourth-order valence-electron chi connectivity index (χ4n) is 1.15.